The summed E-state index contributed by atoms with van der Waals surface area (Å²) in [4.78, 5) is 0. The Bertz CT molecular complexity index is 229. The topological polar surface area (TPSA) is 29.9 Å². The van der Waals surface area contributed by atoms with Gasteiger partial charge in [0.15, 0.2) is 0 Å². The second-order valence-electron chi connectivity index (χ2n) is 4.22. The highest BCUT2D eigenvalue weighted by atomic mass is 15.3. The van der Waals surface area contributed by atoms with Gasteiger partial charge in [-0.3, -0.25) is 4.68 Å². The molecule has 3 heteroatoms. The quantitative estimate of drug-likeness (QED) is 0.704. The van der Waals surface area contributed by atoms with Crippen LogP contribution in [-0.2, 0) is 0 Å². The molecule has 1 unspecified atom stereocenters. The molecular formula is C11H21N3. The zero-order chi connectivity index (χ0) is 10.4. The van der Waals surface area contributed by atoms with Gasteiger partial charge in [0.1, 0.15) is 0 Å². The minimum absolute atomic E-state index is 0.442. The lowest BCUT2D eigenvalue weighted by molar-refractivity contribution is 0.439. The molecule has 0 aliphatic carbocycles. The molecule has 0 radical (unpaired) electrons. The molecule has 0 aliphatic heterocycles. The third-order valence-electron chi connectivity index (χ3n) is 2.31. The lowest BCUT2D eigenvalue weighted by Gasteiger charge is -2.13. The molecule has 1 heterocycles. The molecule has 0 saturated heterocycles. The SMILES string of the molecule is CC(C)CCNCC(C)n1cccn1. The molecule has 3 nitrogen and oxygen atoms in total. The van der Waals surface area contributed by atoms with Crippen molar-refractivity contribution in [3.63, 3.8) is 0 Å². The van der Waals surface area contributed by atoms with Gasteiger partial charge in [-0.15, -0.1) is 0 Å². The summed E-state index contributed by atoms with van der Waals surface area (Å²) in [5.41, 5.74) is 0. The number of nitrogens with zero attached hydrogens (tertiary/aromatic N) is 2. The van der Waals surface area contributed by atoms with Gasteiger partial charge in [0.2, 0.25) is 0 Å². The molecule has 1 N–H and O–H groups in total. The molecule has 14 heavy (non-hydrogen) atoms. The van der Waals surface area contributed by atoms with Crippen molar-refractivity contribution in [1.82, 2.24) is 15.1 Å². The zero-order valence-electron chi connectivity index (χ0n) is 9.40. The van der Waals surface area contributed by atoms with E-state index in [0.717, 1.165) is 19.0 Å². The summed E-state index contributed by atoms with van der Waals surface area (Å²) in [6, 6.07) is 2.40. The van der Waals surface area contributed by atoms with Gasteiger partial charge in [-0.1, -0.05) is 13.8 Å². The van der Waals surface area contributed by atoms with Crippen LogP contribution in [0.4, 0.5) is 0 Å². The van der Waals surface area contributed by atoms with Crippen LogP contribution in [0, 0.1) is 5.92 Å². The van der Waals surface area contributed by atoms with Crippen LogP contribution in [0.1, 0.15) is 33.2 Å². The molecule has 1 rings (SSSR count). The maximum Gasteiger partial charge on any atom is 0.0615 e. The number of rotatable bonds is 6. The van der Waals surface area contributed by atoms with Crippen LogP contribution in [0.15, 0.2) is 18.5 Å². The van der Waals surface area contributed by atoms with Gasteiger partial charge in [-0.05, 0) is 31.9 Å². The van der Waals surface area contributed by atoms with E-state index in [-0.39, 0.29) is 0 Å². The monoisotopic (exact) mass is 195 g/mol. The number of hydrogen-bond acceptors (Lipinski definition) is 2. The molecule has 0 aromatic carbocycles. The van der Waals surface area contributed by atoms with Crippen molar-refractivity contribution < 1.29 is 0 Å². The third-order valence-corrected chi connectivity index (χ3v) is 2.31. The minimum atomic E-state index is 0.442. The summed E-state index contributed by atoms with van der Waals surface area (Å²) in [7, 11) is 0. The maximum absolute atomic E-state index is 4.21. The van der Waals surface area contributed by atoms with Crippen molar-refractivity contribution in [3.05, 3.63) is 18.5 Å². The second-order valence-corrected chi connectivity index (χ2v) is 4.22. The fourth-order valence-electron chi connectivity index (χ4n) is 1.34. The average molecular weight is 195 g/mol. The molecule has 0 saturated carbocycles. The van der Waals surface area contributed by atoms with Gasteiger partial charge in [0.05, 0.1) is 6.04 Å². The van der Waals surface area contributed by atoms with Gasteiger partial charge in [-0.2, -0.15) is 5.10 Å². The molecule has 1 aromatic heterocycles. The first-order valence-corrected chi connectivity index (χ1v) is 5.40. The predicted molar refractivity (Wildman–Crippen MR) is 59.3 cm³/mol. The summed E-state index contributed by atoms with van der Waals surface area (Å²) < 4.78 is 1.99. The highest BCUT2D eigenvalue weighted by Crippen LogP contribution is 2.01. The Labute approximate surface area is 86.5 Å². The lowest BCUT2D eigenvalue weighted by Crippen LogP contribution is -2.25. The fourth-order valence-corrected chi connectivity index (χ4v) is 1.34. The van der Waals surface area contributed by atoms with E-state index < -0.39 is 0 Å². The second kappa shape index (κ2) is 5.81. The highest BCUT2D eigenvalue weighted by Gasteiger charge is 2.02. The van der Waals surface area contributed by atoms with Crippen LogP contribution >= 0.6 is 0 Å². The van der Waals surface area contributed by atoms with Gasteiger partial charge in [-0.25, -0.2) is 0 Å². The molecule has 0 amide bonds. The van der Waals surface area contributed by atoms with Crippen molar-refractivity contribution in [2.45, 2.75) is 33.2 Å². The number of hydrogen-bond donors (Lipinski definition) is 1. The van der Waals surface area contributed by atoms with Crippen molar-refractivity contribution in [3.8, 4) is 0 Å². The zero-order valence-corrected chi connectivity index (χ0v) is 9.40. The van der Waals surface area contributed by atoms with Crippen LogP contribution in [0.3, 0.4) is 0 Å². The van der Waals surface area contributed by atoms with Gasteiger partial charge in [0.25, 0.3) is 0 Å². The standard InChI is InChI=1S/C11H21N3/c1-10(2)5-7-12-9-11(3)14-8-4-6-13-14/h4,6,8,10-12H,5,7,9H2,1-3H3. The maximum atomic E-state index is 4.21. The van der Waals surface area contributed by atoms with Gasteiger partial charge >= 0.3 is 0 Å². The van der Waals surface area contributed by atoms with Crippen LogP contribution in [0.5, 0.6) is 0 Å². The fraction of sp³-hybridized carbons (Fsp3) is 0.727. The van der Waals surface area contributed by atoms with E-state index >= 15 is 0 Å². The Hall–Kier alpha value is -0.830. The normalized spacial score (nSPS) is 13.4. The number of aromatic nitrogens is 2. The first-order valence-electron chi connectivity index (χ1n) is 5.40. The third kappa shape index (κ3) is 3.92. The summed E-state index contributed by atoms with van der Waals surface area (Å²) >= 11 is 0. The summed E-state index contributed by atoms with van der Waals surface area (Å²) in [6.45, 7) is 8.77. The van der Waals surface area contributed by atoms with Crippen LogP contribution in [-0.4, -0.2) is 22.9 Å². The summed E-state index contributed by atoms with van der Waals surface area (Å²) in [6.07, 6.45) is 5.07. The van der Waals surface area contributed by atoms with Crippen molar-refractivity contribution in [1.29, 1.82) is 0 Å². The largest absolute Gasteiger partial charge is 0.315 e. The van der Waals surface area contributed by atoms with E-state index in [1.807, 2.05) is 23.1 Å². The van der Waals surface area contributed by atoms with Crippen molar-refractivity contribution in [2.24, 2.45) is 5.92 Å². The Morgan fingerprint density at radius 1 is 1.36 bits per heavy atom. The lowest BCUT2D eigenvalue weighted by atomic mass is 10.1. The Kier molecular flexibility index (Phi) is 4.66. The molecule has 0 bridgehead atoms. The van der Waals surface area contributed by atoms with Crippen LogP contribution in [0.25, 0.3) is 0 Å². The van der Waals surface area contributed by atoms with E-state index in [0.29, 0.717) is 6.04 Å². The van der Waals surface area contributed by atoms with E-state index in [1.54, 1.807) is 0 Å². The van der Waals surface area contributed by atoms with E-state index in [1.165, 1.54) is 6.42 Å². The highest BCUT2D eigenvalue weighted by molar-refractivity contribution is 4.80. The Morgan fingerprint density at radius 3 is 2.71 bits per heavy atom. The summed E-state index contributed by atoms with van der Waals surface area (Å²) in [5, 5.41) is 7.65. The molecule has 1 atom stereocenters. The van der Waals surface area contributed by atoms with Gasteiger partial charge in [0, 0.05) is 18.9 Å². The first-order chi connectivity index (χ1) is 6.70. The Morgan fingerprint density at radius 2 is 2.14 bits per heavy atom. The molecular weight excluding hydrogens is 174 g/mol. The van der Waals surface area contributed by atoms with E-state index in [9.17, 15) is 0 Å². The summed E-state index contributed by atoms with van der Waals surface area (Å²) in [5.74, 6) is 0.780. The van der Waals surface area contributed by atoms with Gasteiger partial charge < -0.3 is 5.32 Å². The molecule has 0 aliphatic rings. The molecule has 0 fully saturated rings. The van der Waals surface area contributed by atoms with Crippen LogP contribution in [0.2, 0.25) is 0 Å². The average Bonchev–Trinajstić information content (AvgIpc) is 2.64. The smallest absolute Gasteiger partial charge is 0.0615 e. The minimum Gasteiger partial charge on any atom is -0.315 e. The molecule has 1 aromatic rings. The van der Waals surface area contributed by atoms with Crippen molar-refractivity contribution >= 4 is 0 Å². The van der Waals surface area contributed by atoms with E-state index in [2.05, 4.69) is 31.2 Å². The first kappa shape index (κ1) is 11.2. The van der Waals surface area contributed by atoms with Crippen LogP contribution < -0.4 is 5.32 Å². The molecule has 80 valence electrons. The molecule has 0 spiro atoms. The van der Waals surface area contributed by atoms with E-state index in [4.69, 9.17) is 0 Å². The number of nitrogens with one attached hydrogen (secondary N) is 1. The predicted octanol–water partition coefficient (Wildman–Crippen LogP) is 2.08. The van der Waals surface area contributed by atoms with Crippen molar-refractivity contribution in [2.75, 3.05) is 13.1 Å². The Balaban J connectivity index is 2.13.